The van der Waals surface area contributed by atoms with Gasteiger partial charge in [-0.3, -0.25) is 4.79 Å². The minimum Gasteiger partial charge on any atom is -0.394 e. The zero-order chi connectivity index (χ0) is 35.3. The van der Waals surface area contributed by atoms with Gasteiger partial charge in [0.2, 0.25) is 5.91 Å². The molecule has 4 atom stereocenters. The molecule has 4 unspecified atom stereocenters. The molecule has 5 N–H and O–H groups in total. The molecule has 0 aromatic heterocycles. The van der Waals surface area contributed by atoms with Crippen LogP contribution < -0.4 is 5.32 Å². The molecular weight excluding hydrogens is 598 g/mol. The van der Waals surface area contributed by atoms with E-state index in [-0.39, 0.29) is 0 Å². The maximum atomic E-state index is 12.4. The number of rotatable bonds is 37. The molecule has 1 amide bonds. The average molecular weight is 680 g/mol. The van der Waals surface area contributed by atoms with Crippen LogP contribution in [0.4, 0.5) is 0 Å². The number of aliphatic hydroxyl groups excluding tert-OH is 4. The molecular formula is C42H81NO5. The topological polar surface area (TPSA) is 110 Å². The van der Waals surface area contributed by atoms with Crippen molar-refractivity contribution in [2.45, 2.75) is 231 Å². The van der Waals surface area contributed by atoms with Gasteiger partial charge in [-0.2, -0.15) is 0 Å². The molecule has 6 nitrogen and oxygen atoms in total. The standard InChI is InChI=1S/C42H81NO5/c1-3-5-7-9-11-12-13-14-15-16-17-18-19-20-21-22-23-24-25-26-27-28-29-30-32-34-36-40(46)42(48)43-38(37-44)41(47)39(45)35-33-31-10-8-6-4-2/h8,10,20-21,38-41,44-47H,3-7,9,11-19,22-37H2,1-2H3,(H,43,48)/b10-8+,21-20-. The molecule has 0 bridgehead atoms. The first-order valence-electron chi connectivity index (χ1n) is 20.7. The number of aliphatic hydroxyl groups is 4. The molecule has 0 aromatic carbocycles. The van der Waals surface area contributed by atoms with E-state index in [1.54, 1.807) is 0 Å². The summed E-state index contributed by atoms with van der Waals surface area (Å²) in [7, 11) is 0. The third-order valence-electron chi connectivity index (χ3n) is 9.62. The minimum absolute atomic E-state index is 0.362. The Hall–Kier alpha value is -1.21. The molecule has 6 heteroatoms. The average Bonchev–Trinajstić information content (AvgIpc) is 3.09. The lowest BCUT2D eigenvalue weighted by atomic mass is 10.00. The number of allylic oxidation sites excluding steroid dienone is 4. The molecule has 0 aromatic rings. The van der Waals surface area contributed by atoms with Gasteiger partial charge >= 0.3 is 0 Å². The highest BCUT2D eigenvalue weighted by Crippen LogP contribution is 2.15. The van der Waals surface area contributed by atoms with Gasteiger partial charge < -0.3 is 25.7 Å². The lowest BCUT2D eigenvalue weighted by molar-refractivity contribution is -0.132. The summed E-state index contributed by atoms with van der Waals surface area (Å²) in [5.41, 5.74) is 0. The van der Waals surface area contributed by atoms with Gasteiger partial charge in [0.05, 0.1) is 18.8 Å². The van der Waals surface area contributed by atoms with Gasteiger partial charge in [-0.1, -0.05) is 173 Å². The molecule has 0 saturated heterocycles. The molecule has 0 rings (SSSR count). The third-order valence-corrected chi connectivity index (χ3v) is 9.62. The summed E-state index contributed by atoms with van der Waals surface area (Å²) >= 11 is 0. The Morgan fingerprint density at radius 1 is 0.500 bits per heavy atom. The maximum absolute atomic E-state index is 12.4. The van der Waals surface area contributed by atoms with E-state index in [1.165, 1.54) is 135 Å². The Labute approximate surface area is 297 Å². The first-order valence-corrected chi connectivity index (χ1v) is 20.7. The van der Waals surface area contributed by atoms with E-state index in [0.717, 1.165) is 38.5 Å². The highest BCUT2D eigenvalue weighted by molar-refractivity contribution is 5.80. The SMILES string of the molecule is CCC/C=C/CCCC(O)C(O)C(CO)NC(=O)C(O)CCCCCCCCCCCC/C=C\CCCCCCCCCCCCCC. The molecule has 0 radical (unpaired) electrons. The van der Waals surface area contributed by atoms with Gasteiger partial charge in [0.25, 0.3) is 0 Å². The smallest absolute Gasteiger partial charge is 0.249 e. The zero-order valence-electron chi connectivity index (χ0n) is 31.7. The highest BCUT2D eigenvalue weighted by atomic mass is 16.3. The molecule has 0 spiro atoms. The van der Waals surface area contributed by atoms with Crippen LogP contribution in [0, 0.1) is 0 Å². The van der Waals surface area contributed by atoms with Gasteiger partial charge in [0, 0.05) is 0 Å². The van der Waals surface area contributed by atoms with E-state index in [1.807, 2.05) is 0 Å². The van der Waals surface area contributed by atoms with E-state index in [0.29, 0.717) is 19.3 Å². The van der Waals surface area contributed by atoms with Crippen LogP contribution in [0.3, 0.4) is 0 Å². The number of unbranched alkanes of at least 4 members (excludes halogenated alkanes) is 24. The van der Waals surface area contributed by atoms with Crippen molar-refractivity contribution in [1.82, 2.24) is 5.32 Å². The van der Waals surface area contributed by atoms with Crippen LogP contribution in [0.5, 0.6) is 0 Å². The second kappa shape index (κ2) is 37.1. The third kappa shape index (κ3) is 30.8. The van der Waals surface area contributed by atoms with Crippen molar-refractivity contribution < 1.29 is 25.2 Å². The summed E-state index contributed by atoms with van der Waals surface area (Å²) in [5.74, 6) is -0.599. The summed E-state index contributed by atoms with van der Waals surface area (Å²) in [6.45, 7) is 3.91. The minimum atomic E-state index is -1.28. The zero-order valence-corrected chi connectivity index (χ0v) is 31.7. The molecule has 0 saturated carbocycles. The van der Waals surface area contributed by atoms with Crippen molar-refractivity contribution in [3.63, 3.8) is 0 Å². The van der Waals surface area contributed by atoms with Crippen molar-refractivity contribution in [2.24, 2.45) is 0 Å². The van der Waals surface area contributed by atoms with E-state index >= 15 is 0 Å². The first kappa shape index (κ1) is 46.8. The summed E-state index contributed by atoms with van der Waals surface area (Å²) in [4.78, 5) is 12.4. The van der Waals surface area contributed by atoms with Crippen LogP contribution in [0.15, 0.2) is 24.3 Å². The summed E-state index contributed by atoms with van der Waals surface area (Å²) in [6.07, 6.45) is 41.2. The summed E-state index contributed by atoms with van der Waals surface area (Å²) in [5, 5.41) is 43.1. The number of hydrogen-bond donors (Lipinski definition) is 5. The van der Waals surface area contributed by atoms with Crippen molar-refractivity contribution in [3.05, 3.63) is 24.3 Å². The fourth-order valence-electron chi connectivity index (χ4n) is 6.29. The van der Waals surface area contributed by atoms with Crippen LogP contribution in [0.2, 0.25) is 0 Å². The van der Waals surface area contributed by atoms with E-state index in [9.17, 15) is 25.2 Å². The molecule has 0 aliphatic carbocycles. The van der Waals surface area contributed by atoms with Gasteiger partial charge in [0.1, 0.15) is 12.2 Å². The second-order valence-electron chi connectivity index (χ2n) is 14.3. The molecule has 0 aliphatic heterocycles. The number of carbonyl (C=O) groups is 1. The lowest BCUT2D eigenvalue weighted by Crippen LogP contribution is -2.53. The van der Waals surface area contributed by atoms with Crippen LogP contribution >= 0.6 is 0 Å². The van der Waals surface area contributed by atoms with Crippen LogP contribution in [-0.4, -0.2) is 57.3 Å². The number of nitrogens with one attached hydrogen (secondary N) is 1. The number of hydrogen-bond acceptors (Lipinski definition) is 5. The monoisotopic (exact) mass is 680 g/mol. The van der Waals surface area contributed by atoms with Gasteiger partial charge in [-0.15, -0.1) is 0 Å². The predicted molar refractivity (Wildman–Crippen MR) is 205 cm³/mol. The van der Waals surface area contributed by atoms with Crippen LogP contribution in [0.1, 0.15) is 206 Å². The first-order chi connectivity index (χ1) is 23.5. The van der Waals surface area contributed by atoms with Gasteiger partial charge in [-0.05, 0) is 57.8 Å². The van der Waals surface area contributed by atoms with Crippen molar-refractivity contribution >= 4 is 5.91 Å². The molecule has 284 valence electrons. The maximum Gasteiger partial charge on any atom is 0.249 e. The Balaban J connectivity index is 3.59. The van der Waals surface area contributed by atoms with Gasteiger partial charge in [0.15, 0.2) is 0 Å². The van der Waals surface area contributed by atoms with Crippen molar-refractivity contribution in [3.8, 4) is 0 Å². The molecule has 0 heterocycles. The molecule has 48 heavy (non-hydrogen) atoms. The van der Waals surface area contributed by atoms with E-state index in [4.69, 9.17) is 0 Å². The summed E-state index contributed by atoms with van der Waals surface area (Å²) < 4.78 is 0. The lowest BCUT2D eigenvalue weighted by Gasteiger charge is -2.27. The van der Waals surface area contributed by atoms with E-state index < -0.39 is 36.9 Å². The highest BCUT2D eigenvalue weighted by Gasteiger charge is 2.28. The normalized spacial score (nSPS) is 14.5. The Bertz CT molecular complexity index is 727. The van der Waals surface area contributed by atoms with E-state index in [2.05, 4.69) is 43.5 Å². The summed E-state index contributed by atoms with van der Waals surface area (Å²) in [6, 6.07) is -0.997. The fourth-order valence-corrected chi connectivity index (χ4v) is 6.29. The Kier molecular flexibility index (Phi) is 36.1. The quantitative estimate of drug-likeness (QED) is 0.0332. The van der Waals surface area contributed by atoms with Crippen LogP contribution in [-0.2, 0) is 4.79 Å². The largest absolute Gasteiger partial charge is 0.394 e. The Morgan fingerprint density at radius 3 is 1.33 bits per heavy atom. The van der Waals surface area contributed by atoms with Crippen molar-refractivity contribution in [1.29, 1.82) is 0 Å². The number of amides is 1. The molecule has 0 aliphatic rings. The van der Waals surface area contributed by atoms with Crippen molar-refractivity contribution in [2.75, 3.05) is 6.61 Å². The number of carbonyl (C=O) groups excluding carboxylic acids is 1. The second-order valence-corrected chi connectivity index (χ2v) is 14.3. The fraction of sp³-hybridized carbons (Fsp3) is 0.881. The predicted octanol–water partition coefficient (Wildman–Crippen LogP) is 10.4. The van der Waals surface area contributed by atoms with Gasteiger partial charge in [-0.25, -0.2) is 0 Å². The van der Waals surface area contributed by atoms with Crippen LogP contribution in [0.25, 0.3) is 0 Å². The molecule has 0 fully saturated rings. The Morgan fingerprint density at radius 2 is 0.896 bits per heavy atom.